The molecular weight excluding hydrogens is 348 g/mol. The van der Waals surface area contributed by atoms with E-state index >= 15 is 0 Å². The van der Waals surface area contributed by atoms with Gasteiger partial charge >= 0.3 is 0 Å². The summed E-state index contributed by atoms with van der Waals surface area (Å²) < 4.78 is 0. The van der Waals surface area contributed by atoms with Gasteiger partial charge in [0.15, 0.2) is 0 Å². The first-order valence-corrected chi connectivity index (χ1v) is 9.54. The summed E-state index contributed by atoms with van der Waals surface area (Å²) in [5, 5.41) is 15.9. The zero-order valence-electron chi connectivity index (χ0n) is 16.9. The Balaban J connectivity index is 1.91. The SMILES string of the molecule is C[C@H](CO)Nc1nc(Nc2ccc(C(C)(C)C)cc2)cc(-c2ccccc2)n1. The van der Waals surface area contributed by atoms with Crippen LogP contribution in [0, 0.1) is 0 Å². The molecule has 3 N–H and O–H groups in total. The van der Waals surface area contributed by atoms with E-state index in [1.165, 1.54) is 5.56 Å². The molecule has 28 heavy (non-hydrogen) atoms. The molecule has 0 amide bonds. The molecule has 5 heteroatoms. The maximum Gasteiger partial charge on any atom is 0.225 e. The summed E-state index contributed by atoms with van der Waals surface area (Å²) in [6.45, 7) is 8.50. The molecule has 146 valence electrons. The lowest BCUT2D eigenvalue weighted by Gasteiger charge is -2.19. The van der Waals surface area contributed by atoms with Gasteiger partial charge in [-0.05, 0) is 30.0 Å². The van der Waals surface area contributed by atoms with Crippen LogP contribution in [0.1, 0.15) is 33.3 Å². The van der Waals surface area contributed by atoms with Crippen molar-refractivity contribution in [3.05, 3.63) is 66.2 Å². The molecule has 0 saturated heterocycles. The van der Waals surface area contributed by atoms with Gasteiger partial charge in [0.05, 0.1) is 12.3 Å². The standard InChI is InChI=1S/C23H28N4O/c1-16(15-28)24-22-26-20(17-8-6-5-7-9-17)14-21(27-22)25-19-12-10-18(11-13-19)23(2,3)4/h5-14,16,28H,15H2,1-4H3,(H2,24,25,26,27)/t16-/m1/s1. The molecule has 0 spiro atoms. The van der Waals surface area contributed by atoms with Crippen molar-refractivity contribution in [3.63, 3.8) is 0 Å². The quantitative estimate of drug-likeness (QED) is 0.566. The molecule has 0 radical (unpaired) electrons. The van der Waals surface area contributed by atoms with Crippen LogP contribution in [-0.4, -0.2) is 27.7 Å². The molecule has 0 aliphatic carbocycles. The smallest absolute Gasteiger partial charge is 0.225 e. The predicted molar refractivity (Wildman–Crippen MR) is 116 cm³/mol. The van der Waals surface area contributed by atoms with E-state index in [-0.39, 0.29) is 18.1 Å². The van der Waals surface area contributed by atoms with E-state index in [0.29, 0.717) is 11.8 Å². The van der Waals surface area contributed by atoms with Crippen molar-refractivity contribution in [3.8, 4) is 11.3 Å². The molecule has 0 aliphatic heterocycles. The molecule has 0 aliphatic rings. The number of hydrogen-bond donors (Lipinski definition) is 3. The fourth-order valence-corrected chi connectivity index (χ4v) is 2.80. The molecule has 2 aromatic carbocycles. The summed E-state index contributed by atoms with van der Waals surface area (Å²) in [7, 11) is 0. The maximum absolute atomic E-state index is 9.34. The number of aliphatic hydroxyl groups excluding tert-OH is 1. The van der Waals surface area contributed by atoms with Crippen LogP contribution in [0.2, 0.25) is 0 Å². The van der Waals surface area contributed by atoms with Gasteiger partial charge in [-0.3, -0.25) is 0 Å². The second-order valence-electron chi connectivity index (χ2n) is 8.01. The molecular formula is C23H28N4O. The van der Waals surface area contributed by atoms with Crippen molar-refractivity contribution in [1.82, 2.24) is 9.97 Å². The van der Waals surface area contributed by atoms with Crippen LogP contribution in [0.3, 0.4) is 0 Å². The molecule has 0 bridgehead atoms. The molecule has 1 aromatic heterocycles. The highest BCUT2D eigenvalue weighted by Gasteiger charge is 2.13. The Morgan fingerprint density at radius 3 is 2.25 bits per heavy atom. The highest BCUT2D eigenvalue weighted by atomic mass is 16.3. The van der Waals surface area contributed by atoms with Crippen molar-refractivity contribution in [1.29, 1.82) is 0 Å². The number of aromatic nitrogens is 2. The normalized spacial score (nSPS) is 12.5. The molecule has 5 nitrogen and oxygen atoms in total. The van der Waals surface area contributed by atoms with Gasteiger partial charge in [0.2, 0.25) is 5.95 Å². The molecule has 0 unspecified atom stereocenters. The Morgan fingerprint density at radius 2 is 1.64 bits per heavy atom. The lowest BCUT2D eigenvalue weighted by molar-refractivity contribution is 0.281. The average molecular weight is 377 g/mol. The number of aliphatic hydroxyl groups is 1. The van der Waals surface area contributed by atoms with E-state index < -0.39 is 0 Å². The molecule has 0 saturated carbocycles. The summed E-state index contributed by atoms with van der Waals surface area (Å²) in [5.41, 5.74) is 4.19. The molecule has 0 fully saturated rings. The number of rotatable bonds is 6. The highest BCUT2D eigenvalue weighted by molar-refractivity contribution is 5.67. The van der Waals surface area contributed by atoms with E-state index in [0.717, 1.165) is 16.9 Å². The Morgan fingerprint density at radius 1 is 0.964 bits per heavy atom. The average Bonchev–Trinajstić information content (AvgIpc) is 2.68. The number of benzene rings is 2. The van der Waals surface area contributed by atoms with Gasteiger partial charge in [0.25, 0.3) is 0 Å². The van der Waals surface area contributed by atoms with Crippen molar-refractivity contribution in [2.24, 2.45) is 0 Å². The van der Waals surface area contributed by atoms with Gasteiger partial charge in [-0.25, -0.2) is 4.98 Å². The van der Waals surface area contributed by atoms with Crippen LogP contribution < -0.4 is 10.6 Å². The van der Waals surface area contributed by atoms with Gasteiger partial charge in [-0.15, -0.1) is 0 Å². The van der Waals surface area contributed by atoms with Crippen LogP contribution in [0.15, 0.2) is 60.7 Å². The minimum atomic E-state index is -0.134. The van der Waals surface area contributed by atoms with Crippen LogP contribution >= 0.6 is 0 Å². The zero-order valence-corrected chi connectivity index (χ0v) is 16.9. The Hall–Kier alpha value is -2.92. The van der Waals surface area contributed by atoms with Gasteiger partial charge < -0.3 is 15.7 Å². The Labute approximate surface area is 166 Å². The van der Waals surface area contributed by atoms with Crippen LogP contribution in [0.25, 0.3) is 11.3 Å². The van der Waals surface area contributed by atoms with Gasteiger partial charge in [0, 0.05) is 23.4 Å². The monoisotopic (exact) mass is 376 g/mol. The van der Waals surface area contributed by atoms with Crippen molar-refractivity contribution < 1.29 is 5.11 Å². The van der Waals surface area contributed by atoms with Crippen molar-refractivity contribution in [2.45, 2.75) is 39.2 Å². The fraction of sp³-hybridized carbons (Fsp3) is 0.304. The van der Waals surface area contributed by atoms with E-state index in [2.05, 4.69) is 65.6 Å². The van der Waals surface area contributed by atoms with E-state index in [4.69, 9.17) is 0 Å². The Bertz CT molecular complexity index is 902. The Kier molecular flexibility index (Phi) is 5.95. The zero-order chi connectivity index (χ0) is 20.1. The van der Waals surface area contributed by atoms with Crippen molar-refractivity contribution >= 4 is 17.5 Å². The van der Waals surface area contributed by atoms with Crippen LogP contribution in [0.4, 0.5) is 17.5 Å². The van der Waals surface area contributed by atoms with Crippen LogP contribution in [-0.2, 0) is 5.41 Å². The fourth-order valence-electron chi connectivity index (χ4n) is 2.80. The molecule has 3 rings (SSSR count). The number of nitrogens with one attached hydrogen (secondary N) is 2. The largest absolute Gasteiger partial charge is 0.394 e. The number of anilines is 3. The van der Waals surface area contributed by atoms with Gasteiger partial charge in [-0.2, -0.15) is 4.98 Å². The minimum Gasteiger partial charge on any atom is -0.394 e. The second-order valence-corrected chi connectivity index (χ2v) is 8.01. The second kappa shape index (κ2) is 8.40. The van der Waals surface area contributed by atoms with E-state index in [9.17, 15) is 5.11 Å². The maximum atomic E-state index is 9.34. The first-order valence-electron chi connectivity index (χ1n) is 9.54. The van der Waals surface area contributed by atoms with E-state index in [1.807, 2.05) is 43.3 Å². The minimum absolute atomic E-state index is 0.00987. The molecule has 1 atom stereocenters. The third-order valence-electron chi connectivity index (χ3n) is 4.47. The first-order chi connectivity index (χ1) is 13.3. The third-order valence-corrected chi connectivity index (χ3v) is 4.47. The van der Waals surface area contributed by atoms with E-state index in [1.54, 1.807) is 0 Å². The van der Waals surface area contributed by atoms with Crippen molar-refractivity contribution in [2.75, 3.05) is 17.2 Å². The summed E-state index contributed by atoms with van der Waals surface area (Å²) in [6, 6.07) is 20.2. The first kappa shape index (κ1) is 19.8. The van der Waals surface area contributed by atoms with Crippen LogP contribution in [0.5, 0.6) is 0 Å². The molecule has 3 aromatic rings. The number of nitrogens with zero attached hydrogens (tertiary/aromatic N) is 2. The molecule has 1 heterocycles. The topological polar surface area (TPSA) is 70.1 Å². The lowest BCUT2D eigenvalue weighted by Crippen LogP contribution is -2.21. The summed E-state index contributed by atoms with van der Waals surface area (Å²) in [5.74, 6) is 1.18. The summed E-state index contributed by atoms with van der Waals surface area (Å²) in [6.07, 6.45) is 0. The predicted octanol–water partition coefficient (Wildman–Crippen LogP) is 4.98. The van der Waals surface area contributed by atoms with Gasteiger partial charge in [-0.1, -0.05) is 63.2 Å². The van der Waals surface area contributed by atoms with Gasteiger partial charge in [0.1, 0.15) is 5.82 Å². The lowest BCUT2D eigenvalue weighted by atomic mass is 9.87. The summed E-state index contributed by atoms with van der Waals surface area (Å²) in [4.78, 5) is 9.18. The third kappa shape index (κ3) is 5.08. The highest BCUT2D eigenvalue weighted by Crippen LogP contribution is 2.26. The summed E-state index contributed by atoms with van der Waals surface area (Å²) >= 11 is 0. The number of hydrogen-bond acceptors (Lipinski definition) is 5.